The highest BCUT2D eigenvalue weighted by Gasteiger charge is 2.55. The number of aryl methyl sites for hydroxylation is 1. The van der Waals surface area contributed by atoms with E-state index in [2.05, 4.69) is 0 Å². The van der Waals surface area contributed by atoms with Crippen LogP contribution in [0.1, 0.15) is 31.2 Å². The third-order valence-electron chi connectivity index (χ3n) is 5.40. The summed E-state index contributed by atoms with van der Waals surface area (Å²) in [5, 5.41) is 20.3. The van der Waals surface area contributed by atoms with Gasteiger partial charge in [0.15, 0.2) is 0 Å². The number of carbonyl (C=O) groups is 2. The van der Waals surface area contributed by atoms with Gasteiger partial charge in [-0.25, -0.2) is 0 Å². The highest BCUT2D eigenvalue weighted by molar-refractivity contribution is 5.81. The maximum absolute atomic E-state index is 12.4. The largest absolute Gasteiger partial charge is 0.481 e. The van der Waals surface area contributed by atoms with Crippen LogP contribution in [0.2, 0.25) is 0 Å². The Hall–Kier alpha value is -2.44. The van der Waals surface area contributed by atoms with E-state index in [4.69, 9.17) is 0 Å². The molecule has 1 heterocycles. The highest BCUT2D eigenvalue weighted by Crippen LogP contribution is 2.48. The number of fused-ring (bicyclic) bond motifs is 1. The summed E-state index contributed by atoms with van der Waals surface area (Å²) in [6.07, 6.45) is 3.07. The van der Waals surface area contributed by atoms with Crippen molar-refractivity contribution in [2.45, 2.75) is 32.1 Å². The van der Waals surface area contributed by atoms with Crippen LogP contribution < -0.4 is 0 Å². The fourth-order valence-electron chi connectivity index (χ4n) is 4.06. The minimum atomic E-state index is -0.793. The van der Waals surface area contributed by atoms with Crippen molar-refractivity contribution < 1.29 is 19.6 Å². The second-order valence-corrected chi connectivity index (χ2v) is 6.75. The number of non-ortho nitro benzene ring substituents is 1. The number of amides is 1. The number of hydrogen-bond donors (Lipinski definition) is 1. The number of carbonyl (C=O) groups excluding carboxylic acids is 1. The second-order valence-electron chi connectivity index (χ2n) is 6.75. The summed E-state index contributed by atoms with van der Waals surface area (Å²) in [7, 11) is 0. The smallest absolute Gasteiger partial charge is 0.311 e. The maximum atomic E-state index is 12.4. The molecule has 24 heavy (non-hydrogen) atoms. The van der Waals surface area contributed by atoms with E-state index in [0.717, 1.165) is 18.4 Å². The zero-order valence-corrected chi connectivity index (χ0v) is 13.3. The Balaban J connectivity index is 1.61. The number of carboxylic acid groups (broad SMARTS) is 1. The van der Waals surface area contributed by atoms with Crippen LogP contribution in [0.4, 0.5) is 5.69 Å². The van der Waals surface area contributed by atoms with E-state index >= 15 is 0 Å². The first kappa shape index (κ1) is 16.4. The van der Waals surface area contributed by atoms with Gasteiger partial charge < -0.3 is 10.0 Å². The molecule has 1 aliphatic heterocycles. The lowest BCUT2D eigenvalue weighted by molar-refractivity contribution is -0.384. The topological polar surface area (TPSA) is 101 Å². The Kier molecular flexibility index (Phi) is 4.26. The van der Waals surface area contributed by atoms with Gasteiger partial charge in [0.1, 0.15) is 0 Å². The lowest BCUT2D eigenvalue weighted by atomic mass is 9.81. The summed E-state index contributed by atoms with van der Waals surface area (Å²) in [5.41, 5.74) is -0.00773. The van der Waals surface area contributed by atoms with E-state index < -0.39 is 16.3 Å². The van der Waals surface area contributed by atoms with Crippen LogP contribution in [0.25, 0.3) is 0 Å². The number of likely N-dealkylation sites (tertiary alicyclic amines) is 1. The summed E-state index contributed by atoms with van der Waals surface area (Å²) in [6, 6.07) is 6.27. The predicted octanol–water partition coefficient (Wildman–Crippen LogP) is 2.24. The molecule has 0 aromatic heterocycles. The van der Waals surface area contributed by atoms with E-state index in [1.54, 1.807) is 17.0 Å². The molecule has 0 spiro atoms. The van der Waals surface area contributed by atoms with E-state index in [0.29, 0.717) is 25.9 Å². The fraction of sp³-hybridized carbons (Fsp3) is 0.529. The van der Waals surface area contributed by atoms with Crippen molar-refractivity contribution in [3.05, 3.63) is 39.9 Å². The van der Waals surface area contributed by atoms with Crippen LogP contribution in [-0.2, 0) is 16.0 Å². The minimum Gasteiger partial charge on any atom is -0.481 e. The summed E-state index contributed by atoms with van der Waals surface area (Å²) in [5.74, 6) is -0.813. The van der Waals surface area contributed by atoms with E-state index in [-0.39, 0.29) is 23.9 Å². The molecule has 1 aromatic rings. The summed E-state index contributed by atoms with van der Waals surface area (Å²) in [4.78, 5) is 36.1. The Morgan fingerprint density at radius 2 is 2.21 bits per heavy atom. The van der Waals surface area contributed by atoms with Crippen LogP contribution in [0.3, 0.4) is 0 Å². The molecule has 128 valence electrons. The molecule has 7 heteroatoms. The first-order valence-electron chi connectivity index (χ1n) is 8.17. The minimum absolute atomic E-state index is 0.0143. The molecule has 3 rings (SSSR count). The zero-order chi connectivity index (χ0) is 17.3. The normalized spacial score (nSPS) is 25.5. The number of rotatable bonds is 5. The highest BCUT2D eigenvalue weighted by atomic mass is 16.6. The molecule has 2 aliphatic rings. The molecule has 1 N–H and O–H groups in total. The van der Waals surface area contributed by atoms with Crippen molar-refractivity contribution in [2.75, 3.05) is 13.1 Å². The van der Waals surface area contributed by atoms with Crippen LogP contribution in [0, 0.1) is 21.4 Å². The lowest BCUT2D eigenvalue weighted by Gasteiger charge is -2.23. The number of nitrogens with zero attached hydrogens (tertiary/aromatic N) is 2. The zero-order valence-electron chi connectivity index (χ0n) is 13.3. The monoisotopic (exact) mass is 332 g/mol. The van der Waals surface area contributed by atoms with Gasteiger partial charge in [-0.1, -0.05) is 18.6 Å². The molecule has 1 aromatic carbocycles. The van der Waals surface area contributed by atoms with Gasteiger partial charge in [0.25, 0.3) is 5.69 Å². The molecule has 2 atom stereocenters. The van der Waals surface area contributed by atoms with Crippen LogP contribution >= 0.6 is 0 Å². The molecule has 1 amide bonds. The summed E-state index contributed by atoms with van der Waals surface area (Å²) >= 11 is 0. The third-order valence-corrected chi connectivity index (χ3v) is 5.40. The molecular formula is C17H20N2O5. The van der Waals surface area contributed by atoms with Gasteiger partial charge in [-0.05, 0) is 30.7 Å². The molecule has 0 radical (unpaired) electrons. The van der Waals surface area contributed by atoms with Gasteiger partial charge in [-0.2, -0.15) is 0 Å². The Labute approximate surface area is 139 Å². The fourth-order valence-corrected chi connectivity index (χ4v) is 4.06. The molecular weight excluding hydrogens is 312 g/mol. The number of hydrogen-bond acceptors (Lipinski definition) is 4. The second kappa shape index (κ2) is 6.22. The van der Waals surface area contributed by atoms with Crippen molar-refractivity contribution in [1.82, 2.24) is 4.90 Å². The van der Waals surface area contributed by atoms with Gasteiger partial charge in [0, 0.05) is 31.6 Å². The van der Waals surface area contributed by atoms with E-state index in [1.165, 1.54) is 12.1 Å². The number of benzene rings is 1. The molecule has 2 fully saturated rings. The number of nitro groups is 1. The Morgan fingerprint density at radius 3 is 2.88 bits per heavy atom. The van der Waals surface area contributed by atoms with Gasteiger partial charge in [-0.3, -0.25) is 19.7 Å². The maximum Gasteiger partial charge on any atom is 0.311 e. The number of aliphatic carboxylic acids is 1. The van der Waals surface area contributed by atoms with E-state index in [9.17, 15) is 24.8 Å². The quantitative estimate of drug-likeness (QED) is 0.658. The third kappa shape index (κ3) is 2.86. The van der Waals surface area contributed by atoms with Crippen molar-refractivity contribution in [1.29, 1.82) is 0 Å². The Bertz CT molecular complexity index is 689. The van der Waals surface area contributed by atoms with Gasteiger partial charge in [0.2, 0.25) is 5.91 Å². The van der Waals surface area contributed by atoms with Crippen molar-refractivity contribution in [3.63, 3.8) is 0 Å². The Morgan fingerprint density at radius 1 is 1.42 bits per heavy atom. The van der Waals surface area contributed by atoms with Crippen molar-refractivity contribution in [2.24, 2.45) is 11.3 Å². The molecule has 0 unspecified atom stereocenters. The van der Waals surface area contributed by atoms with Crippen LogP contribution in [-0.4, -0.2) is 39.9 Å². The first-order valence-corrected chi connectivity index (χ1v) is 8.17. The molecule has 1 saturated carbocycles. The van der Waals surface area contributed by atoms with Gasteiger partial charge in [-0.15, -0.1) is 0 Å². The van der Waals surface area contributed by atoms with Gasteiger partial charge in [0.05, 0.1) is 10.3 Å². The van der Waals surface area contributed by atoms with Crippen LogP contribution in [0.15, 0.2) is 24.3 Å². The first-order chi connectivity index (χ1) is 11.4. The van der Waals surface area contributed by atoms with E-state index in [1.807, 2.05) is 0 Å². The predicted molar refractivity (Wildman–Crippen MR) is 85.4 cm³/mol. The standard InChI is InChI=1S/C17H20N2O5/c20-15(7-6-12-3-1-5-14(9-12)19(23)24)18-10-13-4-2-8-17(13,11-18)16(21)22/h1,3,5,9,13H,2,4,6-8,10-11H2,(H,21,22)/t13-,17+/m0/s1. The SMILES string of the molecule is O=C(CCc1cccc([N+](=O)[O-])c1)N1C[C@@H]2CCC[C@@]2(C(=O)O)C1. The average Bonchev–Trinajstić information content (AvgIpc) is 3.11. The number of nitro benzene ring substituents is 1. The summed E-state index contributed by atoms with van der Waals surface area (Å²) < 4.78 is 0. The summed E-state index contributed by atoms with van der Waals surface area (Å²) in [6.45, 7) is 0.806. The van der Waals surface area contributed by atoms with Crippen molar-refractivity contribution in [3.8, 4) is 0 Å². The van der Waals surface area contributed by atoms with Crippen LogP contribution in [0.5, 0.6) is 0 Å². The molecule has 1 aliphatic carbocycles. The molecule has 7 nitrogen and oxygen atoms in total. The number of carboxylic acids is 1. The van der Waals surface area contributed by atoms with Crippen molar-refractivity contribution >= 4 is 17.6 Å². The molecule has 1 saturated heterocycles. The van der Waals surface area contributed by atoms with Gasteiger partial charge >= 0.3 is 5.97 Å². The average molecular weight is 332 g/mol. The molecule has 0 bridgehead atoms. The lowest BCUT2D eigenvalue weighted by Crippen LogP contribution is -2.37.